The van der Waals surface area contributed by atoms with Crippen LogP contribution in [0.2, 0.25) is 0 Å². The molecule has 0 spiro atoms. The number of ether oxygens (including phenoxy) is 2. The molecule has 0 saturated carbocycles. The monoisotopic (exact) mass is 1190 g/mol. The van der Waals surface area contributed by atoms with Gasteiger partial charge in [0.25, 0.3) is 0 Å². The summed E-state index contributed by atoms with van der Waals surface area (Å²) >= 11 is 0. The zero-order valence-electron chi connectivity index (χ0n) is 54.5. The van der Waals surface area contributed by atoms with E-state index in [9.17, 15) is 30.3 Å². The maximum atomic E-state index is 13.1. The van der Waals surface area contributed by atoms with E-state index in [4.69, 9.17) is 9.47 Å². The van der Waals surface area contributed by atoms with Gasteiger partial charge in [0.05, 0.1) is 25.4 Å². The van der Waals surface area contributed by atoms with Crippen LogP contribution in [0.25, 0.3) is 0 Å². The van der Waals surface area contributed by atoms with Crippen molar-refractivity contribution in [3.8, 4) is 0 Å². The Bertz CT molecular complexity index is 1920. The van der Waals surface area contributed by atoms with E-state index >= 15 is 0 Å². The lowest BCUT2D eigenvalue weighted by Gasteiger charge is -2.40. The minimum atomic E-state index is -1.58. The Balaban J connectivity index is 2.20. The van der Waals surface area contributed by atoms with Gasteiger partial charge in [0, 0.05) is 6.42 Å². The van der Waals surface area contributed by atoms with Gasteiger partial charge in [-0.2, -0.15) is 0 Å². The van der Waals surface area contributed by atoms with Crippen LogP contribution < -0.4 is 5.32 Å². The molecule has 7 atom stereocenters. The molecule has 9 heteroatoms. The molecule has 488 valence electrons. The van der Waals surface area contributed by atoms with Crippen molar-refractivity contribution in [3.05, 3.63) is 158 Å². The topological polar surface area (TPSA) is 149 Å². The molecule has 6 N–H and O–H groups in total. The van der Waals surface area contributed by atoms with Crippen molar-refractivity contribution in [1.29, 1.82) is 0 Å². The normalized spacial score (nSPS) is 19.1. The molecular formula is C77H127NO8. The zero-order chi connectivity index (χ0) is 62.1. The molecule has 1 saturated heterocycles. The number of carbonyl (C=O) groups is 1. The van der Waals surface area contributed by atoms with Crippen LogP contribution in [0.15, 0.2) is 158 Å². The van der Waals surface area contributed by atoms with E-state index in [2.05, 4.69) is 165 Å². The smallest absolute Gasteiger partial charge is 0.220 e. The Kier molecular flexibility index (Phi) is 59.2. The molecule has 0 aromatic rings. The molecule has 86 heavy (non-hydrogen) atoms. The third-order valence-electron chi connectivity index (χ3n) is 15.4. The summed E-state index contributed by atoms with van der Waals surface area (Å²) in [5.41, 5.74) is 0. The van der Waals surface area contributed by atoms with Crippen LogP contribution in [-0.4, -0.2) is 87.5 Å². The van der Waals surface area contributed by atoms with Crippen molar-refractivity contribution in [3.63, 3.8) is 0 Å². The van der Waals surface area contributed by atoms with Gasteiger partial charge in [-0.15, -0.1) is 0 Å². The summed E-state index contributed by atoms with van der Waals surface area (Å²) in [6.45, 7) is 3.66. The van der Waals surface area contributed by atoms with E-state index in [1.807, 2.05) is 6.08 Å². The Hall–Kier alpha value is -4.19. The molecule has 0 aromatic carbocycles. The number of hydrogen-bond acceptors (Lipinski definition) is 8. The van der Waals surface area contributed by atoms with E-state index in [1.165, 1.54) is 116 Å². The SMILES string of the molecule is CC/C=C\C/C=C\C/C=C\C/C=C\C/C=C\C/C=C\C/C=C\C/C=C\C/C=C\C/C=C\C/C=C\C/C=C\CCCCCCC(=O)NC(COC1OC(CO)C(O)C(O)C1O)C(O)/C=C/CCCCCCCCCCCCCCCCCCCCCC. The molecule has 0 aliphatic carbocycles. The standard InChI is InChI=1S/C77H127NO8/c1-3-5-7-9-11-13-15-17-19-21-23-25-27-28-29-30-31-32-33-34-35-36-37-38-39-40-41-42-43-44-45-47-49-51-53-55-57-59-61-63-65-67-73(81)78-70(69-85-77-76(84)75(83)74(82)72(68-79)86-77)71(80)66-64-62-60-58-56-54-52-50-48-46-26-24-22-20-18-16-14-12-10-8-6-4-2/h5,7,11,13,17,19,23,25,28-29,31-32,34-35,37-38,40-41,43-44,47,49,53,55,64,66,70-72,74-77,79-80,82-84H,3-4,6,8-10,12,14-16,18,20-22,24,26-27,30,33,36,39,42,45-46,48,50-52,54,56-63,65,67-69H2,1-2H3,(H,78,81)/b7-5-,13-11-,19-17-,25-23-,29-28-,32-31-,35-34-,38-37-,41-40-,44-43-,49-47-,55-53-,66-64+. The maximum absolute atomic E-state index is 13.1. The minimum Gasteiger partial charge on any atom is -0.394 e. The number of unbranched alkanes of at least 4 members (excludes halogenated alkanes) is 24. The van der Waals surface area contributed by atoms with Gasteiger partial charge >= 0.3 is 0 Å². The van der Waals surface area contributed by atoms with Gasteiger partial charge in [-0.25, -0.2) is 0 Å². The maximum Gasteiger partial charge on any atom is 0.220 e. The molecule has 7 unspecified atom stereocenters. The molecule has 1 heterocycles. The summed E-state index contributed by atoms with van der Waals surface area (Å²) in [4.78, 5) is 13.1. The second-order valence-electron chi connectivity index (χ2n) is 23.2. The van der Waals surface area contributed by atoms with Crippen LogP contribution in [0, 0.1) is 0 Å². The Morgan fingerprint density at radius 3 is 1.07 bits per heavy atom. The first-order valence-electron chi connectivity index (χ1n) is 34.7. The zero-order valence-corrected chi connectivity index (χ0v) is 54.5. The van der Waals surface area contributed by atoms with Gasteiger partial charge in [-0.05, 0) is 109 Å². The second-order valence-corrected chi connectivity index (χ2v) is 23.2. The van der Waals surface area contributed by atoms with Crippen molar-refractivity contribution in [2.45, 2.75) is 307 Å². The third-order valence-corrected chi connectivity index (χ3v) is 15.4. The lowest BCUT2D eigenvalue weighted by molar-refractivity contribution is -0.302. The molecule has 9 nitrogen and oxygen atoms in total. The molecule has 1 amide bonds. The molecule has 1 aliphatic heterocycles. The third kappa shape index (κ3) is 51.8. The highest BCUT2D eigenvalue weighted by molar-refractivity contribution is 5.76. The fourth-order valence-corrected chi connectivity index (χ4v) is 9.96. The van der Waals surface area contributed by atoms with E-state index in [0.29, 0.717) is 6.42 Å². The van der Waals surface area contributed by atoms with Crippen molar-refractivity contribution in [2.75, 3.05) is 13.2 Å². The number of hydrogen-bond donors (Lipinski definition) is 6. The van der Waals surface area contributed by atoms with Crippen LogP contribution in [0.3, 0.4) is 0 Å². The van der Waals surface area contributed by atoms with E-state index in [-0.39, 0.29) is 12.5 Å². The van der Waals surface area contributed by atoms with Gasteiger partial charge in [0.1, 0.15) is 24.4 Å². The number of aliphatic hydroxyl groups is 5. The average molecular weight is 1190 g/mol. The predicted octanol–water partition coefficient (Wildman–Crippen LogP) is 19.1. The van der Waals surface area contributed by atoms with Crippen LogP contribution in [0.5, 0.6) is 0 Å². The van der Waals surface area contributed by atoms with Crippen LogP contribution in [0.1, 0.15) is 264 Å². The van der Waals surface area contributed by atoms with Gasteiger partial charge in [-0.1, -0.05) is 307 Å². The lowest BCUT2D eigenvalue weighted by Crippen LogP contribution is -2.60. The molecule has 1 aliphatic rings. The largest absolute Gasteiger partial charge is 0.394 e. The number of nitrogens with one attached hydrogen (secondary N) is 1. The van der Waals surface area contributed by atoms with Crippen LogP contribution in [-0.2, 0) is 14.3 Å². The predicted molar refractivity (Wildman–Crippen MR) is 368 cm³/mol. The summed E-state index contributed by atoms with van der Waals surface area (Å²) in [6.07, 6.45) is 93.3. The molecule has 1 rings (SSSR count). The first kappa shape index (κ1) is 79.8. The fraction of sp³-hybridized carbons (Fsp3) is 0.649. The van der Waals surface area contributed by atoms with Crippen molar-refractivity contribution < 1.29 is 39.8 Å². The average Bonchev–Trinajstić information content (AvgIpc) is 2.36. The van der Waals surface area contributed by atoms with E-state index in [1.54, 1.807) is 6.08 Å². The Morgan fingerprint density at radius 1 is 0.407 bits per heavy atom. The summed E-state index contributed by atoms with van der Waals surface area (Å²) in [5, 5.41) is 54.7. The van der Waals surface area contributed by atoms with Gasteiger partial charge < -0.3 is 40.3 Å². The van der Waals surface area contributed by atoms with Crippen molar-refractivity contribution in [2.24, 2.45) is 0 Å². The fourth-order valence-electron chi connectivity index (χ4n) is 9.96. The molecule has 0 aromatic heterocycles. The number of amides is 1. The minimum absolute atomic E-state index is 0.205. The number of aliphatic hydroxyl groups excluding tert-OH is 5. The molecule has 0 bridgehead atoms. The molecule has 0 radical (unpaired) electrons. The van der Waals surface area contributed by atoms with E-state index < -0.39 is 49.5 Å². The molecule has 1 fully saturated rings. The van der Waals surface area contributed by atoms with Gasteiger partial charge in [-0.3, -0.25) is 4.79 Å². The second kappa shape index (κ2) is 63.8. The highest BCUT2D eigenvalue weighted by Gasteiger charge is 2.44. The number of rotatable bonds is 58. The Morgan fingerprint density at radius 2 is 0.721 bits per heavy atom. The van der Waals surface area contributed by atoms with Gasteiger partial charge in [0.15, 0.2) is 6.29 Å². The summed E-state index contributed by atoms with van der Waals surface area (Å²) < 4.78 is 11.3. The van der Waals surface area contributed by atoms with Crippen LogP contribution >= 0.6 is 0 Å². The first-order chi connectivity index (χ1) is 42.3. The lowest BCUT2D eigenvalue weighted by atomic mass is 9.99. The quantitative estimate of drug-likeness (QED) is 0.0261. The highest BCUT2D eigenvalue weighted by Crippen LogP contribution is 2.23. The summed E-state index contributed by atoms with van der Waals surface area (Å²) in [5.74, 6) is -0.205. The Labute approximate surface area is 526 Å². The van der Waals surface area contributed by atoms with E-state index in [0.717, 1.165) is 128 Å². The number of allylic oxidation sites excluding steroid dienone is 25. The summed E-state index contributed by atoms with van der Waals surface area (Å²) in [7, 11) is 0. The number of carbonyl (C=O) groups excluding carboxylic acids is 1. The van der Waals surface area contributed by atoms with Gasteiger partial charge in [0.2, 0.25) is 5.91 Å². The molecular weight excluding hydrogens is 1070 g/mol. The first-order valence-corrected chi connectivity index (χ1v) is 34.7. The summed E-state index contributed by atoms with van der Waals surface area (Å²) in [6, 6.07) is -0.832. The van der Waals surface area contributed by atoms with Crippen molar-refractivity contribution in [1.82, 2.24) is 5.32 Å². The highest BCUT2D eigenvalue weighted by atomic mass is 16.7. The van der Waals surface area contributed by atoms with Crippen molar-refractivity contribution >= 4 is 5.91 Å². The van der Waals surface area contributed by atoms with Crippen LogP contribution in [0.4, 0.5) is 0 Å².